The van der Waals surface area contributed by atoms with Crippen molar-refractivity contribution in [3.05, 3.63) is 47.8 Å². The molecule has 0 aliphatic heterocycles. The number of hydrogen-bond acceptors (Lipinski definition) is 1. The minimum atomic E-state index is -0.141. The van der Waals surface area contributed by atoms with E-state index in [-0.39, 0.29) is 11.9 Å². The average molecular weight is 221 g/mol. The smallest absolute Gasteiger partial charge is 0.127 e. The number of benzene rings is 1. The van der Waals surface area contributed by atoms with Crippen molar-refractivity contribution in [2.75, 3.05) is 6.54 Å². The van der Waals surface area contributed by atoms with Crippen LogP contribution in [0.2, 0.25) is 0 Å². The molecule has 1 aromatic rings. The molecule has 1 unspecified atom stereocenters. The lowest BCUT2D eigenvalue weighted by molar-refractivity contribution is 0.506. The minimum absolute atomic E-state index is 0.0404. The molecular formula is C14H20FN. The van der Waals surface area contributed by atoms with Crippen LogP contribution in [0.25, 0.3) is 0 Å². The fourth-order valence-corrected chi connectivity index (χ4v) is 1.73. The largest absolute Gasteiger partial charge is 0.310 e. The maximum atomic E-state index is 13.6. The number of halogens is 1. The molecule has 0 spiro atoms. The Balaban J connectivity index is 2.85. The first-order valence-corrected chi connectivity index (χ1v) is 5.83. The van der Waals surface area contributed by atoms with Gasteiger partial charge in [-0.1, -0.05) is 44.2 Å². The van der Waals surface area contributed by atoms with Crippen molar-refractivity contribution >= 4 is 0 Å². The summed E-state index contributed by atoms with van der Waals surface area (Å²) in [6.45, 7) is 8.92. The van der Waals surface area contributed by atoms with Gasteiger partial charge in [-0.25, -0.2) is 4.39 Å². The van der Waals surface area contributed by atoms with Gasteiger partial charge in [-0.3, -0.25) is 0 Å². The molecule has 0 heterocycles. The van der Waals surface area contributed by atoms with Gasteiger partial charge in [-0.2, -0.15) is 0 Å². The third-order valence-electron chi connectivity index (χ3n) is 2.72. The van der Waals surface area contributed by atoms with E-state index in [9.17, 15) is 4.39 Å². The summed E-state index contributed by atoms with van der Waals surface area (Å²) >= 11 is 0. The Morgan fingerprint density at radius 3 is 2.62 bits per heavy atom. The van der Waals surface area contributed by atoms with E-state index in [1.54, 1.807) is 6.07 Å². The first kappa shape index (κ1) is 12.9. The van der Waals surface area contributed by atoms with Gasteiger partial charge >= 0.3 is 0 Å². The highest BCUT2D eigenvalue weighted by molar-refractivity contribution is 5.22. The van der Waals surface area contributed by atoms with Gasteiger partial charge in [0.2, 0.25) is 0 Å². The minimum Gasteiger partial charge on any atom is -0.310 e. The van der Waals surface area contributed by atoms with E-state index >= 15 is 0 Å². The van der Waals surface area contributed by atoms with Gasteiger partial charge in [-0.15, -0.1) is 0 Å². The molecule has 0 radical (unpaired) electrons. The summed E-state index contributed by atoms with van der Waals surface area (Å²) in [6, 6.07) is 6.98. The molecule has 0 fully saturated rings. The van der Waals surface area contributed by atoms with Gasteiger partial charge in [0.05, 0.1) is 0 Å². The van der Waals surface area contributed by atoms with Gasteiger partial charge in [-0.05, 0) is 25.5 Å². The lowest BCUT2D eigenvalue weighted by Crippen LogP contribution is -2.22. The zero-order valence-corrected chi connectivity index (χ0v) is 10.1. The Hall–Kier alpha value is -1.15. The van der Waals surface area contributed by atoms with Crippen molar-refractivity contribution in [2.45, 2.75) is 32.7 Å². The van der Waals surface area contributed by atoms with E-state index in [2.05, 4.69) is 18.8 Å². The lowest BCUT2D eigenvalue weighted by Gasteiger charge is -2.19. The Morgan fingerprint density at radius 2 is 2.06 bits per heavy atom. The van der Waals surface area contributed by atoms with Crippen LogP contribution in [-0.4, -0.2) is 6.54 Å². The highest BCUT2D eigenvalue weighted by Crippen LogP contribution is 2.23. The SMILES string of the molecule is C=C(CC)CC(NCC)c1ccccc1F. The standard InChI is InChI=1S/C14H20FN/c1-4-11(3)10-14(16-5-2)12-8-6-7-9-13(12)15/h6-9,14,16H,3-5,10H2,1-2H3. The summed E-state index contributed by atoms with van der Waals surface area (Å²) in [7, 11) is 0. The molecule has 2 heteroatoms. The van der Waals surface area contributed by atoms with Gasteiger partial charge in [0.1, 0.15) is 5.82 Å². The number of hydrogen-bond donors (Lipinski definition) is 1. The molecule has 0 bridgehead atoms. The molecule has 0 saturated heterocycles. The van der Waals surface area contributed by atoms with Crippen molar-refractivity contribution in [1.29, 1.82) is 0 Å². The number of rotatable bonds is 6. The average Bonchev–Trinajstić information content (AvgIpc) is 2.29. The lowest BCUT2D eigenvalue weighted by atomic mass is 9.98. The van der Waals surface area contributed by atoms with Gasteiger partial charge in [0.25, 0.3) is 0 Å². The van der Waals surface area contributed by atoms with Crippen molar-refractivity contribution in [2.24, 2.45) is 0 Å². The highest BCUT2D eigenvalue weighted by Gasteiger charge is 2.14. The van der Waals surface area contributed by atoms with Crippen molar-refractivity contribution in [1.82, 2.24) is 5.32 Å². The van der Waals surface area contributed by atoms with Crippen molar-refractivity contribution < 1.29 is 4.39 Å². The van der Waals surface area contributed by atoms with Crippen LogP contribution >= 0.6 is 0 Å². The van der Waals surface area contributed by atoms with Crippen LogP contribution in [0.1, 0.15) is 38.3 Å². The van der Waals surface area contributed by atoms with Gasteiger partial charge in [0.15, 0.2) is 0 Å². The Labute approximate surface area is 97.4 Å². The topological polar surface area (TPSA) is 12.0 Å². The fraction of sp³-hybridized carbons (Fsp3) is 0.429. The first-order valence-electron chi connectivity index (χ1n) is 5.83. The highest BCUT2D eigenvalue weighted by atomic mass is 19.1. The third kappa shape index (κ3) is 3.46. The first-order chi connectivity index (χ1) is 7.69. The molecule has 0 aliphatic rings. The van der Waals surface area contributed by atoms with E-state index in [1.807, 2.05) is 19.1 Å². The normalized spacial score (nSPS) is 12.4. The predicted octanol–water partition coefficient (Wildman–Crippen LogP) is 3.83. The molecule has 1 aromatic carbocycles. The maximum Gasteiger partial charge on any atom is 0.127 e. The molecule has 0 amide bonds. The van der Waals surface area contributed by atoms with E-state index in [0.29, 0.717) is 0 Å². The number of nitrogens with one attached hydrogen (secondary N) is 1. The fourth-order valence-electron chi connectivity index (χ4n) is 1.73. The summed E-state index contributed by atoms with van der Waals surface area (Å²) in [5.41, 5.74) is 1.88. The molecule has 1 rings (SSSR count). The quantitative estimate of drug-likeness (QED) is 0.720. The second kappa shape index (κ2) is 6.44. The van der Waals surface area contributed by atoms with Crippen LogP contribution in [0.5, 0.6) is 0 Å². The summed E-state index contributed by atoms with van der Waals surface area (Å²) in [5.74, 6) is -0.141. The van der Waals surface area contributed by atoms with Crippen LogP contribution in [0.3, 0.4) is 0 Å². The Morgan fingerprint density at radius 1 is 1.38 bits per heavy atom. The zero-order chi connectivity index (χ0) is 12.0. The molecule has 1 N–H and O–H groups in total. The molecule has 88 valence electrons. The van der Waals surface area contributed by atoms with E-state index in [1.165, 1.54) is 6.07 Å². The second-order valence-electron chi connectivity index (χ2n) is 3.94. The van der Waals surface area contributed by atoms with E-state index < -0.39 is 0 Å². The molecule has 0 aliphatic carbocycles. The Kier molecular flexibility index (Phi) is 5.20. The maximum absolute atomic E-state index is 13.6. The van der Waals surface area contributed by atoms with Crippen LogP contribution < -0.4 is 5.32 Å². The molecule has 1 atom stereocenters. The summed E-state index contributed by atoms with van der Waals surface area (Å²) in [5, 5.41) is 3.30. The Bertz CT molecular complexity index is 346. The molecule has 1 nitrogen and oxygen atoms in total. The summed E-state index contributed by atoms with van der Waals surface area (Å²) < 4.78 is 13.6. The summed E-state index contributed by atoms with van der Waals surface area (Å²) in [6.07, 6.45) is 1.74. The van der Waals surface area contributed by atoms with Crippen LogP contribution in [-0.2, 0) is 0 Å². The van der Waals surface area contributed by atoms with Gasteiger partial charge < -0.3 is 5.32 Å². The molecule has 0 saturated carbocycles. The van der Waals surface area contributed by atoms with Crippen molar-refractivity contribution in [3.8, 4) is 0 Å². The zero-order valence-electron chi connectivity index (χ0n) is 10.1. The van der Waals surface area contributed by atoms with E-state index in [0.717, 1.165) is 30.5 Å². The second-order valence-corrected chi connectivity index (χ2v) is 3.94. The summed E-state index contributed by atoms with van der Waals surface area (Å²) in [4.78, 5) is 0. The van der Waals surface area contributed by atoms with Gasteiger partial charge in [0, 0.05) is 11.6 Å². The van der Waals surface area contributed by atoms with Crippen LogP contribution in [0.4, 0.5) is 4.39 Å². The predicted molar refractivity (Wildman–Crippen MR) is 66.9 cm³/mol. The monoisotopic (exact) mass is 221 g/mol. The van der Waals surface area contributed by atoms with Crippen molar-refractivity contribution in [3.63, 3.8) is 0 Å². The van der Waals surface area contributed by atoms with Crippen LogP contribution in [0, 0.1) is 5.82 Å². The van der Waals surface area contributed by atoms with E-state index in [4.69, 9.17) is 0 Å². The molecular weight excluding hydrogens is 201 g/mol. The third-order valence-corrected chi connectivity index (χ3v) is 2.72. The molecule has 0 aromatic heterocycles. The molecule has 16 heavy (non-hydrogen) atoms. The van der Waals surface area contributed by atoms with Crippen LogP contribution in [0.15, 0.2) is 36.4 Å².